The van der Waals surface area contributed by atoms with Crippen LogP contribution in [0.5, 0.6) is 0 Å². The number of phosphoric acid groups is 1. The quantitative estimate of drug-likeness (QED) is 0.0519. The van der Waals surface area contributed by atoms with E-state index in [-0.39, 0.29) is 12.8 Å². The van der Waals surface area contributed by atoms with Gasteiger partial charge in [0.2, 0.25) is 0 Å². The van der Waals surface area contributed by atoms with E-state index >= 15 is 0 Å². The third-order valence-electron chi connectivity index (χ3n) is 8.04. The molecule has 0 aromatic heterocycles. The Bertz CT molecular complexity index is 726. The van der Waals surface area contributed by atoms with E-state index in [1.165, 1.54) is 103 Å². The maximum Gasteiger partial charge on any atom is 0.653 e. The monoisotopic (exact) mass is 662 g/mol. The molecule has 0 fully saturated rings. The summed E-state index contributed by atoms with van der Waals surface area (Å²) >= 11 is 0. The summed E-state index contributed by atoms with van der Waals surface area (Å²) in [6.07, 6.45) is 27.5. The lowest BCUT2D eigenvalue weighted by molar-refractivity contribution is -0.151. The van der Waals surface area contributed by atoms with E-state index in [4.69, 9.17) is 14.2 Å². The molecule has 0 rings (SSSR count). The van der Waals surface area contributed by atoms with Gasteiger partial charge in [-0.3, -0.25) is 9.59 Å². The molecule has 0 spiro atoms. The number of unbranched alkanes of at least 4 members (excludes halogenated alkanes) is 24. The van der Waals surface area contributed by atoms with E-state index in [0.29, 0.717) is 12.8 Å². The Morgan fingerprint density at radius 3 is 1.02 bits per heavy atom. The zero-order valence-corrected chi connectivity index (χ0v) is 29.7. The van der Waals surface area contributed by atoms with Crippen LogP contribution in [-0.4, -0.2) is 40.8 Å². The van der Waals surface area contributed by atoms with Crippen molar-refractivity contribution in [2.45, 2.75) is 200 Å². The molecule has 9 nitrogen and oxygen atoms in total. The second-order valence-corrected chi connectivity index (χ2v) is 13.9. The molecule has 45 heavy (non-hydrogen) atoms. The molecule has 266 valence electrons. The molecular formula is C35H67O9P. The van der Waals surface area contributed by atoms with Gasteiger partial charge in [0.15, 0.2) is 6.10 Å². The van der Waals surface area contributed by atoms with Crippen LogP contribution in [0.3, 0.4) is 0 Å². The van der Waals surface area contributed by atoms with Crippen molar-refractivity contribution in [2.24, 2.45) is 0 Å². The van der Waals surface area contributed by atoms with Crippen LogP contribution >= 0.6 is 7.82 Å². The van der Waals surface area contributed by atoms with Gasteiger partial charge in [-0.2, -0.15) is 4.57 Å². The minimum atomic E-state index is -4.95. The molecule has 0 saturated heterocycles. The van der Waals surface area contributed by atoms with Crippen molar-refractivity contribution < 1.29 is 42.7 Å². The molecule has 0 heterocycles. The van der Waals surface area contributed by atoms with Crippen molar-refractivity contribution in [2.75, 3.05) is 6.61 Å². The zero-order chi connectivity index (χ0) is 33.4. The number of aliphatic hydroxyl groups is 2. The third kappa shape index (κ3) is 28.5. The zero-order valence-electron chi connectivity index (χ0n) is 28.8. The average molecular weight is 663 g/mol. The van der Waals surface area contributed by atoms with Crippen LogP contribution in [0.15, 0.2) is 0 Å². The van der Waals surface area contributed by atoms with Gasteiger partial charge in [0.1, 0.15) is 0 Å². The second kappa shape index (κ2) is 31.2. The van der Waals surface area contributed by atoms with Crippen LogP contribution in [-0.2, 0) is 32.5 Å². The smallest absolute Gasteiger partial charge is 0.393 e. The molecule has 0 aromatic rings. The second-order valence-electron chi connectivity index (χ2n) is 12.5. The SMILES string of the molecule is CCCCCCCCCCCCCCCC(=O)OP(=O)(OC(=O)CCCCCCCCCCCCCCC)OC(=O)C(O)CO. The number of phosphoric ester groups is 1. The Morgan fingerprint density at radius 2 is 0.756 bits per heavy atom. The fourth-order valence-electron chi connectivity index (χ4n) is 5.22. The van der Waals surface area contributed by atoms with Gasteiger partial charge < -0.3 is 23.8 Å². The van der Waals surface area contributed by atoms with Crippen LogP contribution in [0.2, 0.25) is 0 Å². The molecule has 0 aliphatic heterocycles. The van der Waals surface area contributed by atoms with Gasteiger partial charge in [-0.15, -0.1) is 0 Å². The minimum absolute atomic E-state index is 0.0712. The van der Waals surface area contributed by atoms with Crippen LogP contribution in [0.1, 0.15) is 194 Å². The van der Waals surface area contributed by atoms with Crippen LogP contribution < -0.4 is 0 Å². The van der Waals surface area contributed by atoms with Gasteiger partial charge in [0.25, 0.3) is 0 Å². The molecule has 10 heteroatoms. The van der Waals surface area contributed by atoms with Gasteiger partial charge in [0.05, 0.1) is 6.61 Å². The Balaban J connectivity index is 4.24. The number of carbonyl (C=O) groups is 3. The molecule has 0 amide bonds. The Kier molecular flexibility index (Phi) is 30.2. The van der Waals surface area contributed by atoms with Gasteiger partial charge in [-0.25, -0.2) is 4.79 Å². The number of aliphatic hydroxyl groups excluding tert-OH is 2. The lowest BCUT2D eigenvalue weighted by Gasteiger charge is -2.17. The predicted molar refractivity (Wildman–Crippen MR) is 180 cm³/mol. The first-order chi connectivity index (χ1) is 21.8. The fourth-order valence-corrected chi connectivity index (χ4v) is 6.35. The summed E-state index contributed by atoms with van der Waals surface area (Å²) in [4.78, 5) is 36.7. The van der Waals surface area contributed by atoms with E-state index in [1.807, 2.05) is 0 Å². The van der Waals surface area contributed by atoms with Crippen LogP contribution in [0.25, 0.3) is 0 Å². The molecule has 0 bridgehead atoms. The van der Waals surface area contributed by atoms with Crippen molar-refractivity contribution >= 4 is 25.7 Å². The molecule has 0 radical (unpaired) electrons. The first-order valence-corrected chi connectivity index (χ1v) is 19.8. The summed E-state index contributed by atoms with van der Waals surface area (Å²) in [6.45, 7) is 3.46. The molecular weight excluding hydrogens is 595 g/mol. The highest BCUT2D eigenvalue weighted by atomic mass is 31.2. The molecule has 1 atom stereocenters. The topological polar surface area (TPSA) is 136 Å². The van der Waals surface area contributed by atoms with E-state index in [9.17, 15) is 24.1 Å². The molecule has 0 saturated carbocycles. The largest absolute Gasteiger partial charge is 0.653 e. The van der Waals surface area contributed by atoms with Crippen molar-refractivity contribution in [1.29, 1.82) is 0 Å². The summed E-state index contributed by atoms with van der Waals surface area (Å²) in [5, 5.41) is 18.5. The fraction of sp³-hybridized carbons (Fsp3) is 0.914. The normalized spacial score (nSPS) is 12.2. The number of carbonyl (C=O) groups excluding carboxylic acids is 3. The van der Waals surface area contributed by atoms with Gasteiger partial charge in [0, 0.05) is 12.8 Å². The van der Waals surface area contributed by atoms with Gasteiger partial charge in [-0.1, -0.05) is 168 Å². The van der Waals surface area contributed by atoms with Crippen molar-refractivity contribution in [1.82, 2.24) is 0 Å². The molecule has 1 unspecified atom stereocenters. The third-order valence-corrected chi connectivity index (χ3v) is 9.30. The van der Waals surface area contributed by atoms with Crippen molar-refractivity contribution in [3.05, 3.63) is 0 Å². The molecule has 2 N–H and O–H groups in total. The summed E-state index contributed by atoms with van der Waals surface area (Å²) in [5.74, 6) is -3.33. The van der Waals surface area contributed by atoms with Gasteiger partial charge in [-0.05, 0) is 12.8 Å². The maximum atomic E-state index is 13.0. The Labute approximate surface area is 274 Å². The Morgan fingerprint density at radius 1 is 0.489 bits per heavy atom. The average Bonchev–Trinajstić information content (AvgIpc) is 3.01. The summed E-state index contributed by atoms with van der Waals surface area (Å²) in [6, 6.07) is 0. The van der Waals surface area contributed by atoms with E-state index < -0.39 is 38.4 Å². The summed E-state index contributed by atoms with van der Waals surface area (Å²) in [5.41, 5.74) is 0. The van der Waals surface area contributed by atoms with Crippen LogP contribution in [0.4, 0.5) is 0 Å². The van der Waals surface area contributed by atoms with E-state index in [2.05, 4.69) is 18.4 Å². The number of hydrogen-bond donors (Lipinski definition) is 2. The standard InChI is InChI=1S/C35H67O9P/c1-3-5-7-9-11-13-15-17-19-21-23-25-27-29-33(38)42-45(41,44-35(40)32(37)31-36)43-34(39)30-28-26-24-22-20-18-16-14-12-10-8-6-4-2/h32,36-37H,3-31H2,1-2H3. The first kappa shape index (κ1) is 43.6. The number of rotatable bonds is 33. The summed E-state index contributed by atoms with van der Waals surface area (Å²) < 4.78 is 27.3. The van der Waals surface area contributed by atoms with Crippen molar-refractivity contribution in [3.63, 3.8) is 0 Å². The minimum Gasteiger partial charge on any atom is -0.393 e. The highest BCUT2D eigenvalue weighted by molar-refractivity contribution is 7.50. The Hall–Kier alpha value is -1.44. The highest BCUT2D eigenvalue weighted by Crippen LogP contribution is 2.50. The summed E-state index contributed by atoms with van der Waals surface area (Å²) in [7, 11) is -4.95. The molecule has 0 aliphatic rings. The highest BCUT2D eigenvalue weighted by Gasteiger charge is 2.40. The lowest BCUT2D eigenvalue weighted by atomic mass is 10.0. The predicted octanol–water partition coefficient (Wildman–Crippen LogP) is 10.0. The van der Waals surface area contributed by atoms with E-state index in [0.717, 1.165) is 51.4 Å². The molecule has 0 aromatic carbocycles. The number of hydrogen-bond acceptors (Lipinski definition) is 9. The van der Waals surface area contributed by atoms with Crippen LogP contribution in [0, 0.1) is 0 Å². The van der Waals surface area contributed by atoms with Crippen molar-refractivity contribution in [3.8, 4) is 0 Å². The maximum absolute atomic E-state index is 13.0. The van der Waals surface area contributed by atoms with E-state index in [1.54, 1.807) is 0 Å². The first-order valence-electron chi connectivity index (χ1n) is 18.3. The van der Waals surface area contributed by atoms with Gasteiger partial charge >= 0.3 is 25.7 Å². The molecule has 0 aliphatic carbocycles. The lowest BCUT2D eigenvalue weighted by Crippen LogP contribution is -2.27.